The minimum Gasteiger partial charge on any atom is -0.444 e. The van der Waals surface area contributed by atoms with Crippen molar-refractivity contribution in [3.63, 3.8) is 0 Å². The van der Waals surface area contributed by atoms with Gasteiger partial charge in [0, 0.05) is 32.1 Å². The van der Waals surface area contributed by atoms with Gasteiger partial charge in [0.2, 0.25) is 0 Å². The smallest absolute Gasteiger partial charge is 0.410 e. The summed E-state index contributed by atoms with van der Waals surface area (Å²) < 4.78 is 7.49. The normalized spacial score (nSPS) is 19.7. The van der Waals surface area contributed by atoms with Crippen molar-refractivity contribution in [2.24, 2.45) is 7.05 Å². The predicted octanol–water partition coefficient (Wildman–Crippen LogP) is 3.75. The Morgan fingerprint density at radius 2 is 1.93 bits per heavy atom. The van der Waals surface area contributed by atoms with E-state index in [1.165, 1.54) is 4.68 Å². The van der Waals surface area contributed by atoms with E-state index < -0.39 is 5.60 Å². The number of aryl methyl sites for hydroxylation is 1. The molecule has 7 nitrogen and oxygen atoms in total. The molecule has 8 heteroatoms. The van der Waals surface area contributed by atoms with E-state index in [0.29, 0.717) is 23.2 Å². The maximum atomic E-state index is 12.8. The third-order valence-corrected chi connectivity index (χ3v) is 5.41. The number of piperidine rings is 1. The van der Waals surface area contributed by atoms with E-state index >= 15 is 0 Å². The lowest BCUT2D eigenvalue weighted by Crippen LogP contribution is -2.50. The van der Waals surface area contributed by atoms with Crippen LogP contribution >= 0.6 is 15.9 Å². The summed E-state index contributed by atoms with van der Waals surface area (Å²) in [5.74, 6) is 0.138. The zero-order chi connectivity index (χ0) is 21.2. The van der Waals surface area contributed by atoms with Gasteiger partial charge in [-0.1, -0.05) is 30.3 Å². The minimum absolute atomic E-state index is 0.104. The van der Waals surface area contributed by atoms with E-state index in [9.17, 15) is 9.59 Å². The highest BCUT2D eigenvalue weighted by Crippen LogP contribution is 2.30. The molecular weight excluding hydrogens is 436 g/mol. The molecule has 2 heterocycles. The largest absolute Gasteiger partial charge is 0.444 e. The van der Waals surface area contributed by atoms with Gasteiger partial charge in [-0.15, -0.1) is 0 Å². The number of likely N-dealkylation sites (tertiary alicyclic amines) is 1. The van der Waals surface area contributed by atoms with Crippen LogP contribution in [0.1, 0.15) is 38.7 Å². The number of hydrogen-bond acceptors (Lipinski definition) is 5. The van der Waals surface area contributed by atoms with Crippen molar-refractivity contribution in [1.82, 2.24) is 14.7 Å². The lowest BCUT2D eigenvalue weighted by atomic mass is 9.88. The highest BCUT2D eigenvalue weighted by atomic mass is 79.9. The van der Waals surface area contributed by atoms with Crippen LogP contribution in [-0.4, -0.2) is 45.5 Å². The summed E-state index contributed by atoms with van der Waals surface area (Å²) in [6.07, 6.45) is 2.04. The summed E-state index contributed by atoms with van der Waals surface area (Å²) in [6.45, 7) is 6.61. The summed E-state index contributed by atoms with van der Waals surface area (Å²) in [5.41, 5.74) is 0.827. The Kier molecular flexibility index (Phi) is 6.31. The molecule has 156 valence electrons. The molecule has 1 aromatic carbocycles. The molecule has 2 atom stereocenters. The quantitative estimate of drug-likeness (QED) is 0.751. The summed E-state index contributed by atoms with van der Waals surface area (Å²) in [4.78, 5) is 27.0. The number of anilines is 1. The molecule has 1 amide bonds. The van der Waals surface area contributed by atoms with Gasteiger partial charge >= 0.3 is 6.09 Å². The van der Waals surface area contributed by atoms with Crippen LogP contribution in [0.4, 0.5) is 10.5 Å². The zero-order valence-corrected chi connectivity index (χ0v) is 18.8. The van der Waals surface area contributed by atoms with E-state index in [1.807, 2.05) is 39.0 Å². The SMILES string of the molecule is Cn1ncc(Br)c(N[C@@H]2C[C@H](c3ccccc3)CN(C(=O)OC(C)(C)C)C2)c1=O. The van der Waals surface area contributed by atoms with Crippen LogP contribution in [0, 0.1) is 0 Å². The zero-order valence-electron chi connectivity index (χ0n) is 17.2. The molecule has 1 N–H and O–H groups in total. The van der Waals surface area contributed by atoms with E-state index in [4.69, 9.17) is 4.74 Å². The summed E-state index contributed by atoms with van der Waals surface area (Å²) in [7, 11) is 1.61. The van der Waals surface area contributed by atoms with Crippen LogP contribution in [0.2, 0.25) is 0 Å². The fraction of sp³-hybridized carbons (Fsp3) is 0.476. The second-order valence-electron chi connectivity index (χ2n) is 8.37. The van der Waals surface area contributed by atoms with Gasteiger partial charge in [-0.3, -0.25) is 4.79 Å². The molecule has 1 aliphatic heterocycles. The number of halogens is 1. The van der Waals surface area contributed by atoms with Crippen molar-refractivity contribution in [2.75, 3.05) is 18.4 Å². The second-order valence-corrected chi connectivity index (χ2v) is 9.22. The molecule has 0 aliphatic carbocycles. The van der Waals surface area contributed by atoms with E-state index in [2.05, 4.69) is 38.5 Å². The fourth-order valence-corrected chi connectivity index (χ4v) is 3.87. The topological polar surface area (TPSA) is 76.5 Å². The number of aromatic nitrogens is 2. The summed E-state index contributed by atoms with van der Waals surface area (Å²) in [6, 6.07) is 10.0. The number of carbonyl (C=O) groups excluding carboxylic acids is 1. The lowest BCUT2D eigenvalue weighted by molar-refractivity contribution is 0.0187. The molecule has 3 rings (SSSR count). The average molecular weight is 463 g/mol. The van der Waals surface area contributed by atoms with E-state index in [1.54, 1.807) is 18.1 Å². The van der Waals surface area contributed by atoms with Crippen molar-refractivity contribution in [3.05, 3.63) is 56.9 Å². The Labute approximate surface area is 179 Å². The fourth-order valence-electron chi connectivity index (χ4n) is 3.50. The third kappa shape index (κ3) is 5.38. The molecule has 0 unspecified atom stereocenters. The Hall–Kier alpha value is -2.35. The highest BCUT2D eigenvalue weighted by molar-refractivity contribution is 9.10. The van der Waals surface area contributed by atoms with Crippen LogP contribution in [0.25, 0.3) is 0 Å². The molecule has 0 spiro atoms. The summed E-state index contributed by atoms with van der Waals surface area (Å²) in [5, 5.41) is 7.35. The van der Waals surface area contributed by atoms with E-state index in [0.717, 1.165) is 12.0 Å². The monoisotopic (exact) mass is 462 g/mol. The standard InChI is InChI=1S/C21H27BrN4O3/c1-21(2,3)29-20(28)26-12-15(14-8-6-5-7-9-14)10-16(13-26)24-18-17(22)11-23-25(4)19(18)27/h5-9,11,15-16,24H,10,12-13H2,1-4H3/t15-,16+/m0/s1. The molecule has 0 bridgehead atoms. The molecule has 1 saturated heterocycles. The number of ether oxygens (including phenoxy) is 1. The average Bonchev–Trinajstić information content (AvgIpc) is 2.67. The first kappa shape index (κ1) is 21.4. The van der Waals surface area contributed by atoms with Crippen LogP contribution in [0.3, 0.4) is 0 Å². The van der Waals surface area contributed by atoms with Gasteiger partial charge in [0.15, 0.2) is 0 Å². The molecular formula is C21H27BrN4O3. The number of benzene rings is 1. The molecule has 0 radical (unpaired) electrons. The number of carbonyl (C=O) groups is 1. The van der Waals surface area contributed by atoms with Crippen molar-refractivity contribution in [1.29, 1.82) is 0 Å². The molecule has 1 aliphatic rings. The van der Waals surface area contributed by atoms with Crippen LogP contribution < -0.4 is 10.9 Å². The molecule has 1 fully saturated rings. The van der Waals surface area contributed by atoms with Crippen molar-refractivity contribution < 1.29 is 9.53 Å². The van der Waals surface area contributed by atoms with Crippen LogP contribution in [-0.2, 0) is 11.8 Å². The predicted molar refractivity (Wildman–Crippen MR) is 116 cm³/mol. The van der Waals surface area contributed by atoms with Crippen molar-refractivity contribution in [3.8, 4) is 0 Å². The summed E-state index contributed by atoms with van der Waals surface area (Å²) >= 11 is 3.41. The lowest BCUT2D eigenvalue weighted by Gasteiger charge is -2.39. The van der Waals surface area contributed by atoms with Gasteiger partial charge in [-0.2, -0.15) is 5.10 Å². The van der Waals surface area contributed by atoms with Gasteiger partial charge in [0.05, 0.1) is 10.7 Å². The Balaban J connectivity index is 1.87. The molecule has 2 aromatic rings. The Morgan fingerprint density at radius 1 is 1.24 bits per heavy atom. The first-order valence-electron chi connectivity index (χ1n) is 9.65. The van der Waals surface area contributed by atoms with Gasteiger partial charge < -0.3 is 15.0 Å². The Morgan fingerprint density at radius 3 is 2.59 bits per heavy atom. The van der Waals surface area contributed by atoms with Crippen molar-refractivity contribution >= 4 is 27.7 Å². The first-order valence-corrected chi connectivity index (χ1v) is 10.4. The molecule has 29 heavy (non-hydrogen) atoms. The van der Waals surface area contributed by atoms with Gasteiger partial charge in [0.25, 0.3) is 5.56 Å². The maximum Gasteiger partial charge on any atom is 0.410 e. The highest BCUT2D eigenvalue weighted by Gasteiger charge is 2.33. The Bertz CT molecular complexity index is 924. The molecule has 1 aromatic heterocycles. The third-order valence-electron chi connectivity index (χ3n) is 4.81. The molecule has 0 saturated carbocycles. The maximum absolute atomic E-state index is 12.8. The van der Waals surface area contributed by atoms with Crippen LogP contribution in [0.5, 0.6) is 0 Å². The first-order chi connectivity index (χ1) is 13.6. The van der Waals surface area contributed by atoms with Gasteiger partial charge in [0.1, 0.15) is 11.3 Å². The van der Waals surface area contributed by atoms with Crippen molar-refractivity contribution in [2.45, 2.75) is 44.8 Å². The van der Waals surface area contributed by atoms with Gasteiger partial charge in [-0.05, 0) is 48.7 Å². The minimum atomic E-state index is -0.566. The van der Waals surface area contributed by atoms with Crippen LogP contribution in [0.15, 0.2) is 45.8 Å². The van der Waals surface area contributed by atoms with E-state index in [-0.39, 0.29) is 23.6 Å². The van der Waals surface area contributed by atoms with Gasteiger partial charge in [-0.25, -0.2) is 9.48 Å². The number of hydrogen-bond donors (Lipinski definition) is 1. The second kappa shape index (κ2) is 8.57. The number of rotatable bonds is 3. The number of nitrogens with zero attached hydrogens (tertiary/aromatic N) is 3. The number of nitrogens with one attached hydrogen (secondary N) is 1. The number of amides is 1.